The first-order chi connectivity index (χ1) is 11.1. The van der Waals surface area contributed by atoms with Crippen LogP contribution in [0.15, 0.2) is 66.7 Å². The standard InChI is InChI=1S/C22H28O/c1-4-5-6-10-16-22(2,3)20-14-11-15-21(17-20)23-18-19-12-8-7-9-13-19/h7-17H,4-6,18H2,1-3H3/b16-10+. The largest absolute Gasteiger partial charge is 0.489 e. The normalized spacial score (nSPS) is 11.8. The Bertz CT molecular complexity index is 611. The van der Waals surface area contributed by atoms with Crippen LogP contribution in [0.25, 0.3) is 0 Å². The summed E-state index contributed by atoms with van der Waals surface area (Å²) in [4.78, 5) is 0. The van der Waals surface area contributed by atoms with Gasteiger partial charge in [-0.3, -0.25) is 0 Å². The summed E-state index contributed by atoms with van der Waals surface area (Å²) in [6.07, 6.45) is 8.28. The molecule has 2 rings (SSSR count). The topological polar surface area (TPSA) is 9.23 Å². The quantitative estimate of drug-likeness (QED) is 0.411. The number of rotatable bonds is 8. The average molecular weight is 308 g/mol. The molecule has 0 atom stereocenters. The molecule has 0 saturated heterocycles. The second kappa shape index (κ2) is 8.57. The van der Waals surface area contributed by atoms with Gasteiger partial charge >= 0.3 is 0 Å². The van der Waals surface area contributed by atoms with E-state index in [0.717, 1.165) is 12.2 Å². The summed E-state index contributed by atoms with van der Waals surface area (Å²) in [5, 5.41) is 0. The van der Waals surface area contributed by atoms with Crippen molar-refractivity contribution in [2.24, 2.45) is 0 Å². The van der Waals surface area contributed by atoms with Crippen molar-refractivity contribution in [3.8, 4) is 5.75 Å². The van der Waals surface area contributed by atoms with Gasteiger partial charge in [0.15, 0.2) is 0 Å². The molecular formula is C22H28O. The summed E-state index contributed by atoms with van der Waals surface area (Å²) in [7, 11) is 0. The Hall–Kier alpha value is -2.02. The molecule has 2 aromatic carbocycles. The van der Waals surface area contributed by atoms with Crippen molar-refractivity contribution in [3.05, 3.63) is 77.9 Å². The number of hydrogen-bond donors (Lipinski definition) is 0. The van der Waals surface area contributed by atoms with E-state index in [4.69, 9.17) is 4.74 Å². The predicted molar refractivity (Wildman–Crippen MR) is 98.9 cm³/mol. The zero-order valence-electron chi connectivity index (χ0n) is 14.6. The van der Waals surface area contributed by atoms with Gasteiger partial charge in [0.25, 0.3) is 0 Å². The number of allylic oxidation sites excluding steroid dienone is 2. The van der Waals surface area contributed by atoms with Crippen LogP contribution in [0.2, 0.25) is 0 Å². The van der Waals surface area contributed by atoms with E-state index in [1.807, 2.05) is 24.3 Å². The number of hydrogen-bond acceptors (Lipinski definition) is 1. The van der Waals surface area contributed by atoms with E-state index in [1.54, 1.807) is 0 Å². The van der Waals surface area contributed by atoms with E-state index in [-0.39, 0.29) is 5.41 Å². The van der Waals surface area contributed by atoms with E-state index < -0.39 is 0 Å². The van der Waals surface area contributed by atoms with Gasteiger partial charge in [0.2, 0.25) is 0 Å². The Labute approximate surface area is 141 Å². The van der Waals surface area contributed by atoms with Crippen molar-refractivity contribution in [1.82, 2.24) is 0 Å². The average Bonchev–Trinajstić information content (AvgIpc) is 2.58. The van der Waals surface area contributed by atoms with Gasteiger partial charge in [0, 0.05) is 5.41 Å². The molecule has 0 aliphatic heterocycles. The summed E-state index contributed by atoms with van der Waals surface area (Å²) in [6, 6.07) is 18.7. The lowest BCUT2D eigenvalue weighted by Gasteiger charge is -2.22. The highest BCUT2D eigenvalue weighted by molar-refractivity contribution is 5.36. The summed E-state index contributed by atoms with van der Waals surface area (Å²) >= 11 is 0. The van der Waals surface area contributed by atoms with Gasteiger partial charge in [-0.25, -0.2) is 0 Å². The smallest absolute Gasteiger partial charge is 0.120 e. The van der Waals surface area contributed by atoms with E-state index in [9.17, 15) is 0 Å². The molecule has 0 unspecified atom stereocenters. The Morgan fingerprint density at radius 2 is 1.78 bits per heavy atom. The van der Waals surface area contributed by atoms with Gasteiger partial charge < -0.3 is 4.74 Å². The maximum absolute atomic E-state index is 5.95. The lowest BCUT2D eigenvalue weighted by Crippen LogP contribution is -2.13. The van der Waals surface area contributed by atoms with Crippen LogP contribution in [-0.4, -0.2) is 0 Å². The highest BCUT2D eigenvalue weighted by Crippen LogP contribution is 2.28. The molecule has 0 aliphatic carbocycles. The summed E-state index contributed by atoms with van der Waals surface area (Å²) in [5.41, 5.74) is 2.51. The molecule has 1 heteroatoms. The Morgan fingerprint density at radius 1 is 1.00 bits per heavy atom. The van der Waals surface area contributed by atoms with Crippen molar-refractivity contribution < 1.29 is 4.74 Å². The van der Waals surface area contributed by atoms with Crippen molar-refractivity contribution >= 4 is 0 Å². The fourth-order valence-corrected chi connectivity index (χ4v) is 2.52. The minimum Gasteiger partial charge on any atom is -0.489 e. The van der Waals surface area contributed by atoms with Crippen LogP contribution in [0.5, 0.6) is 5.75 Å². The van der Waals surface area contributed by atoms with Crippen molar-refractivity contribution in [2.45, 2.75) is 52.1 Å². The van der Waals surface area contributed by atoms with Crippen LogP contribution in [0, 0.1) is 0 Å². The molecule has 0 radical (unpaired) electrons. The van der Waals surface area contributed by atoms with Gasteiger partial charge in [-0.1, -0.05) is 88.2 Å². The molecule has 0 spiro atoms. The Balaban J connectivity index is 2.02. The van der Waals surface area contributed by atoms with E-state index in [1.165, 1.54) is 24.0 Å². The molecule has 0 aromatic heterocycles. The highest BCUT2D eigenvalue weighted by atomic mass is 16.5. The van der Waals surface area contributed by atoms with E-state index in [0.29, 0.717) is 6.61 Å². The second-order valence-corrected chi connectivity index (χ2v) is 6.57. The highest BCUT2D eigenvalue weighted by Gasteiger charge is 2.17. The Kier molecular flexibility index (Phi) is 6.46. The minimum absolute atomic E-state index is 0.0276. The molecule has 122 valence electrons. The zero-order chi connectivity index (χ0) is 16.5. The minimum atomic E-state index is 0.0276. The fourth-order valence-electron chi connectivity index (χ4n) is 2.52. The van der Waals surface area contributed by atoms with Crippen LogP contribution in [0.3, 0.4) is 0 Å². The number of benzene rings is 2. The monoisotopic (exact) mass is 308 g/mol. The molecule has 2 aromatic rings. The van der Waals surface area contributed by atoms with Crippen molar-refractivity contribution in [1.29, 1.82) is 0 Å². The van der Waals surface area contributed by atoms with Crippen molar-refractivity contribution in [3.63, 3.8) is 0 Å². The first-order valence-electron chi connectivity index (χ1n) is 8.57. The third kappa shape index (κ3) is 5.59. The molecule has 0 saturated carbocycles. The molecule has 0 amide bonds. The third-order valence-electron chi connectivity index (χ3n) is 4.09. The molecule has 23 heavy (non-hydrogen) atoms. The van der Waals surface area contributed by atoms with Gasteiger partial charge in [-0.15, -0.1) is 0 Å². The molecule has 0 bridgehead atoms. The van der Waals surface area contributed by atoms with E-state index in [2.05, 4.69) is 63.3 Å². The first kappa shape index (κ1) is 17.3. The lowest BCUT2D eigenvalue weighted by molar-refractivity contribution is 0.305. The molecular weight excluding hydrogens is 280 g/mol. The summed E-state index contributed by atoms with van der Waals surface area (Å²) < 4.78 is 5.95. The molecule has 0 aliphatic rings. The summed E-state index contributed by atoms with van der Waals surface area (Å²) in [5.74, 6) is 0.932. The fraction of sp³-hybridized carbons (Fsp3) is 0.364. The second-order valence-electron chi connectivity index (χ2n) is 6.57. The molecule has 0 heterocycles. The predicted octanol–water partition coefficient (Wildman–Crippen LogP) is 6.29. The summed E-state index contributed by atoms with van der Waals surface area (Å²) in [6.45, 7) is 7.35. The van der Waals surface area contributed by atoms with Crippen LogP contribution >= 0.6 is 0 Å². The molecule has 1 nitrogen and oxygen atoms in total. The zero-order valence-corrected chi connectivity index (χ0v) is 14.6. The van der Waals surface area contributed by atoms with Crippen LogP contribution in [0.4, 0.5) is 0 Å². The Morgan fingerprint density at radius 3 is 2.52 bits per heavy atom. The molecule has 0 fully saturated rings. The first-order valence-corrected chi connectivity index (χ1v) is 8.57. The van der Waals surface area contributed by atoms with E-state index >= 15 is 0 Å². The SMILES string of the molecule is CCCC/C=C/C(C)(C)c1cccc(OCc2ccccc2)c1. The number of unbranched alkanes of at least 4 members (excludes halogenated alkanes) is 2. The van der Waals surface area contributed by atoms with Crippen LogP contribution in [-0.2, 0) is 12.0 Å². The van der Waals surface area contributed by atoms with Crippen molar-refractivity contribution in [2.75, 3.05) is 0 Å². The number of ether oxygens (including phenoxy) is 1. The van der Waals surface area contributed by atoms with Gasteiger partial charge in [-0.2, -0.15) is 0 Å². The van der Waals surface area contributed by atoms with Crippen LogP contribution < -0.4 is 4.74 Å². The maximum atomic E-state index is 5.95. The maximum Gasteiger partial charge on any atom is 0.120 e. The van der Waals surface area contributed by atoms with Gasteiger partial charge in [0.1, 0.15) is 12.4 Å². The van der Waals surface area contributed by atoms with Gasteiger partial charge in [0.05, 0.1) is 0 Å². The molecule has 0 N–H and O–H groups in total. The van der Waals surface area contributed by atoms with Gasteiger partial charge in [-0.05, 0) is 29.7 Å². The van der Waals surface area contributed by atoms with Crippen LogP contribution in [0.1, 0.15) is 51.2 Å². The lowest BCUT2D eigenvalue weighted by atomic mass is 9.84. The third-order valence-corrected chi connectivity index (χ3v) is 4.09.